The summed E-state index contributed by atoms with van der Waals surface area (Å²) in [5, 5.41) is 2.36. The minimum absolute atomic E-state index is 0.0229. The first-order valence-electron chi connectivity index (χ1n) is 8.45. The number of halogens is 3. The quantitative estimate of drug-likeness (QED) is 0.716. The molecule has 2 aromatic carbocycles. The van der Waals surface area contributed by atoms with E-state index in [2.05, 4.69) is 5.32 Å². The molecule has 0 heterocycles. The van der Waals surface area contributed by atoms with Gasteiger partial charge in [0.05, 0.1) is 30.7 Å². The Morgan fingerprint density at radius 3 is 2.31 bits per heavy atom. The van der Waals surface area contributed by atoms with Gasteiger partial charge in [-0.2, -0.15) is 13.2 Å². The first-order valence-corrected chi connectivity index (χ1v) is 9.93. The summed E-state index contributed by atoms with van der Waals surface area (Å²) < 4.78 is 71.9. The van der Waals surface area contributed by atoms with Gasteiger partial charge in [0.2, 0.25) is 5.91 Å². The van der Waals surface area contributed by atoms with Gasteiger partial charge in [0.1, 0.15) is 11.5 Å². The fourth-order valence-corrected chi connectivity index (χ4v) is 3.30. The van der Waals surface area contributed by atoms with Crippen LogP contribution >= 0.6 is 0 Å². The molecule has 0 spiro atoms. The molecular weight excluding hydrogens is 411 g/mol. The van der Waals surface area contributed by atoms with Crippen LogP contribution in [0.1, 0.15) is 17.5 Å². The number of benzene rings is 2. The molecule has 0 unspecified atom stereocenters. The van der Waals surface area contributed by atoms with Crippen molar-refractivity contribution >= 4 is 21.4 Å². The van der Waals surface area contributed by atoms with Crippen molar-refractivity contribution in [2.45, 2.75) is 30.7 Å². The molecule has 0 aliphatic rings. The predicted octanol–water partition coefficient (Wildman–Crippen LogP) is 4.01. The van der Waals surface area contributed by atoms with E-state index in [0.717, 1.165) is 23.3 Å². The maximum absolute atomic E-state index is 12.8. The van der Waals surface area contributed by atoms with Crippen molar-refractivity contribution in [2.75, 3.05) is 19.0 Å². The molecule has 0 fully saturated rings. The summed E-state index contributed by atoms with van der Waals surface area (Å²) in [5.74, 6) is 0.0589. The van der Waals surface area contributed by atoms with Gasteiger partial charge in [-0.3, -0.25) is 4.79 Å². The van der Waals surface area contributed by atoms with Crippen molar-refractivity contribution in [3.8, 4) is 11.5 Å². The Morgan fingerprint density at radius 2 is 1.72 bits per heavy atom. The Hall–Kier alpha value is -2.75. The zero-order valence-corrected chi connectivity index (χ0v) is 16.8. The van der Waals surface area contributed by atoms with Gasteiger partial charge in [-0.25, -0.2) is 8.42 Å². The number of hydrogen-bond acceptors (Lipinski definition) is 5. The van der Waals surface area contributed by atoms with Crippen molar-refractivity contribution < 1.29 is 35.9 Å². The van der Waals surface area contributed by atoms with Crippen LogP contribution in [0.15, 0.2) is 41.3 Å². The highest BCUT2D eigenvalue weighted by atomic mass is 32.2. The van der Waals surface area contributed by atoms with E-state index >= 15 is 0 Å². The van der Waals surface area contributed by atoms with E-state index in [9.17, 15) is 26.4 Å². The second-order valence-electron chi connectivity index (χ2n) is 6.23. The van der Waals surface area contributed by atoms with E-state index in [-0.39, 0.29) is 24.5 Å². The molecule has 2 rings (SSSR count). The van der Waals surface area contributed by atoms with E-state index < -0.39 is 26.1 Å². The second-order valence-corrected chi connectivity index (χ2v) is 8.17. The molecule has 0 aromatic heterocycles. The highest BCUT2D eigenvalue weighted by Gasteiger charge is 2.47. The number of hydrogen-bond donors (Lipinski definition) is 1. The Labute approximate surface area is 166 Å². The fraction of sp³-hybridized carbons (Fsp3) is 0.316. The Bertz CT molecular complexity index is 1000. The molecule has 0 atom stereocenters. The maximum Gasteiger partial charge on any atom is 0.501 e. The smallest absolute Gasteiger partial charge is 0.495 e. The molecule has 1 amide bonds. The standard InChI is InChI=1S/C19H20F3NO5S/c1-12-4-6-16(13(2)10-12)28-9-8-18(24)23-15-11-14(5-7-17(15)27-3)29(25,26)19(20,21)22/h4-7,10-11H,8-9H2,1-3H3,(H,23,24). The molecule has 0 saturated heterocycles. The van der Waals surface area contributed by atoms with E-state index in [1.165, 1.54) is 7.11 Å². The Morgan fingerprint density at radius 1 is 1.07 bits per heavy atom. The van der Waals surface area contributed by atoms with Crippen LogP contribution in [0.5, 0.6) is 11.5 Å². The summed E-state index contributed by atoms with van der Waals surface area (Å²) in [4.78, 5) is 11.2. The van der Waals surface area contributed by atoms with Crippen LogP contribution in [0.2, 0.25) is 0 Å². The SMILES string of the molecule is COc1ccc(S(=O)(=O)C(F)(F)F)cc1NC(=O)CCOc1ccc(C)cc1C. The number of anilines is 1. The topological polar surface area (TPSA) is 81.7 Å². The molecule has 2 aromatic rings. The number of rotatable bonds is 7. The van der Waals surface area contributed by atoms with Gasteiger partial charge in [0, 0.05) is 0 Å². The van der Waals surface area contributed by atoms with Crippen molar-refractivity contribution in [1.82, 2.24) is 0 Å². The minimum Gasteiger partial charge on any atom is -0.495 e. The Balaban J connectivity index is 2.09. The maximum atomic E-state index is 12.8. The molecule has 0 radical (unpaired) electrons. The van der Waals surface area contributed by atoms with E-state index in [4.69, 9.17) is 9.47 Å². The van der Waals surface area contributed by atoms with E-state index in [0.29, 0.717) is 11.8 Å². The average molecular weight is 431 g/mol. The number of aryl methyl sites for hydroxylation is 2. The molecule has 0 saturated carbocycles. The number of methoxy groups -OCH3 is 1. The first kappa shape index (κ1) is 22.5. The molecule has 29 heavy (non-hydrogen) atoms. The highest BCUT2D eigenvalue weighted by molar-refractivity contribution is 7.92. The monoisotopic (exact) mass is 431 g/mol. The lowest BCUT2D eigenvalue weighted by Gasteiger charge is -2.14. The summed E-state index contributed by atoms with van der Waals surface area (Å²) in [6.45, 7) is 3.82. The van der Waals surface area contributed by atoms with Crippen LogP contribution in [0.4, 0.5) is 18.9 Å². The Kier molecular flexibility index (Phi) is 6.78. The number of nitrogens with one attached hydrogen (secondary N) is 1. The number of carbonyl (C=O) groups excluding carboxylic acids is 1. The summed E-state index contributed by atoms with van der Waals surface area (Å²) in [7, 11) is -4.31. The lowest BCUT2D eigenvalue weighted by atomic mass is 10.1. The molecule has 0 aliphatic carbocycles. The zero-order chi connectivity index (χ0) is 21.8. The third-order valence-electron chi connectivity index (χ3n) is 3.98. The molecule has 0 aliphatic heterocycles. The van der Waals surface area contributed by atoms with Gasteiger partial charge >= 0.3 is 5.51 Å². The van der Waals surface area contributed by atoms with Gasteiger partial charge in [0.25, 0.3) is 9.84 Å². The third kappa shape index (κ3) is 5.41. The van der Waals surface area contributed by atoms with Crippen LogP contribution < -0.4 is 14.8 Å². The highest BCUT2D eigenvalue weighted by Crippen LogP contribution is 2.34. The van der Waals surface area contributed by atoms with Crippen molar-refractivity contribution in [1.29, 1.82) is 0 Å². The molecule has 158 valence electrons. The third-order valence-corrected chi connectivity index (χ3v) is 5.46. The largest absolute Gasteiger partial charge is 0.501 e. The first-order chi connectivity index (χ1) is 13.5. The van der Waals surface area contributed by atoms with Crippen LogP contribution in [0.3, 0.4) is 0 Å². The molecule has 1 N–H and O–H groups in total. The lowest BCUT2D eigenvalue weighted by molar-refractivity contribution is -0.116. The summed E-state index contributed by atoms with van der Waals surface area (Å²) in [6.07, 6.45) is -0.104. The number of sulfone groups is 1. The van der Waals surface area contributed by atoms with Crippen LogP contribution in [0, 0.1) is 13.8 Å². The van der Waals surface area contributed by atoms with E-state index in [1.54, 1.807) is 6.07 Å². The summed E-state index contributed by atoms with van der Waals surface area (Å²) in [6, 6.07) is 8.08. The molecule has 0 bridgehead atoms. The molecule has 10 heteroatoms. The van der Waals surface area contributed by atoms with Crippen LogP contribution in [0.25, 0.3) is 0 Å². The van der Waals surface area contributed by atoms with Crippen molar-refractivity contribution in [2.24, 2.45) is 0 Å². The van der Waals surface area contributed by atoms with Crippen LogP contribution in [-0.2, 0) is 14.6 Å². The fourth-order valence-electron chi connectivity index (χ4n) is 2.51. The molecule has 6 nitrogen and oxygen atoms in total. The molecular formula is C19H20F3NO5S. The normalized spacial score (nSPS) is 11.8. The summed E-state index contributed by atoms with van der Waals surface area (Å²) in [5.41, 5.74) is -3.68. The average Bonchev–Trinajstić information content (AvgIpc) is 2.62. The van der Waals surface area contributed by atoms with E-state index in [1.807, 2.05) is 26.0 Å². The lowest BCUT2D eigenvalue weighted by Crippen LogP contribution is -2.23. The zero-order valence-electron chi connectivity index (χ0n) is 16.0. The number of carbonyl (C=O) groups is 1. The minimum atomic E-state index is -5.55. The number of ether oxygens (including phenoxy) is 2. The predicted molar refractivity (Wildman–Crippen MR) is 101 cm³/mol. The van der Waals surface area contributed by atoms with Crippen molar-refractivity contribution in [3.63, 3.8) is 0 Å². The van der Waals surface area contributed by atoms with Gasteiger partial charge in [-0.05, 0) is 43.7 Å². The second kappa shape index (κ2) is 8.73. The summed E-state index contributed by atoms with van der Waals surface area (Å²) >= 11 is 0. The number of amides is 1. The van der Waals surface area contributed by atoms with Gasteiger partial charge in [-0.15, -0.1) is 0 Å². The van der Waals surface area contributed by atoms with Gasteiger partial charge < -0.3 is 14.8 Å². The number of alkyl halides is 3. The van der Waals surface area contributed by atoms with Crippen LogP contribution in [-0.4, -0.2) is 33.5 Å². The van der Waals surface area contributed by atoms with Gasteiger partial charge in [0.15, 0.2) is 0 Å². The van der Waals surface area contributed by atoms with Gasteiger partial charge in [-0.1, -0.05) is 17.7 Å². The van der Waals surface area contributed by atoms with Crippen molar-refractivity contribution in [3.05, 3.63) is 47.5 Å².